The summed E-state index contributed by atoms with van der Waals surface area (Å²) in [6, 6.07) is 27.8. The summed E-state index contributed by atoms with van der Waals surface area (Å²) in [7, 11) is -3.36. The summed E-state index contributed by atoms with van der Waals surface area (Å²) in [6.45, 7) is 6.20. The lowest BCUT2D eigenvalue weighted by Gasteiger charge is -2.33. The van der Waals surface area contributed by atoms with Gasteiger partial charge in [-0.15, -0.1) is 0 Å². The molecular formula is C29H35O4P. The lowest BCUT2D eigenvalue weighted by atomic mass is 9.92. The van der Waals surface area contributed by atoms with Gasteiger partial charge in [-0.05, 0) is 49.2 Å². The summed E-state index contributed by atoms with van der Waals surface area (Å²) in [5.41, 5.74) is 0.531. The molecule has 0 saturated heterocycles. The summed E-state index contributed by atoms with van der Waals surface area (Å²) in [6.07, 6.45) is 2.48. The first-order valence-corrected chi connectivity index (χ1v) is 13.8. The number of rotatable bonds is 12. The predicted molar refractivity (Wildman–Crippen MR) is 139 cm³/mol. The highest BCUT2D eigenvalue weighted by Gasteiger charge is 2.37. The summed E-state index contributed by atoms with van der Waals surface area (Å²) in [5.74, 6) is -0.469. The molecular weight excluding hydrogens is 443 g/mol. The first-order chi connectivity index (χ1) is 16.5. The number of ether oxygens (including phenoxy) is 1. The third-order valence-corrected chi connectivity index (χ3v) is 8.59. The number of esters is 1. The van der Waals surface area contributed by atoms with Gasteiger partial charge in [0.05, 0.1) is 11.7 Å². The van der Waals surface area contributed by atoms with E-state index in [2.05, 4.69) is 13.8 Å². The molecule has 0 radical (unpaired) electrons. The average molecular weight is 479 g/mol. The summed E-state index contributed by atoms with van der Waals surface area (Å²) >= 11 is 0. The van der Waals surface area contributed by atoms with Crippen molar-refractivity contribution in [3.63, 3.8) is 0 Å². The number of hydrogen-bond acceptors (Lipinski definition) is 4. The van der Waals surface area contributed by atoms with Crippen LogP contribution < -0.4 is 10.6 Å². The van der Waals surface area contributed by atoms with Crippen LogP contribution in [0.15, 0.2) is 91.0 Å². The van der Waals surface area contributed by atoms with Gasteiger partial charge in [0.2, 0.25) is 0 Å². The topological polar surface area (TPSA) is 52.6 Å². The van der Waals surface area contributed by atoms with E-state index in [0.717, 1.165) is 12.8 Å². The molecule has 0 spiro atoms. The van der Waals surface area contributed by atoms with Gasteiger partial charge in [-0.1, -0.05) is 88.2 Å². The van der Waals surface area contributed by atoms with Crippen LogP contribution in [0.25, 0.3) is 0 Å². The Bertz CT molecular complexity index is 1010. The highest BCUT2D eigenvalue weighted by Crippen LogP contribution is 2.48. The van der Waals surface area contributed by atoms with Gasteiger partial charge >= 0.3 is 5.97 Å². The van der Waals surface area contributed by atoms with Crippen molar-refractivity contribution in [1.82, 2.24) is 0 Å². The van der Waals surface area contributed by atoms with Crippen molar-refractivity contribution < 1.29 is 18.6 Å². The summed E-state index contributed by atoms with van der Waals surface area (Å²) < 4.78 is 27.1. The Morgan fingerprint density at radius 3 is 1.65 bits per heavy atom. The van der Waals surface area contributed by atoms with Crippen LogP contribution in [-0.4, -0.2) is 18.2 Å². The van der Waals surface area contributed by atoms with Crippen LogP contribution in [0.3, 0.4) is 0 Å². The van der Waals surface area contributed by atoms with Crippen LogP contribution in [0.5, 0.6) is 0 Å². The van der Waals surface area contributed by atoms with Crippen molar-refractivity contribution in [2.24, 2.45) is 5.92 Å². The van der Waals surface area contributed by atoms with E-state index >= 15 is 0 Å². The molecule has 0 heterocycles. The fraction of sp³-hybridized carbons (Fsp3) is 0.345. The molecule has 0 N–H and O–H groups in total. The minimum absolute atomic E-state index is 0.131. The normalized spacial score (nSPS) is 14.2. The van der Waals surface area contributed by atoms with Crippen LogP contribution in [-0.2, 0) is 13.8 Å². The minimum atomic E-state index is -3.36. The molecule has 0 fully saturated rings. The molecule has 34 heavy (non-hydrogen) atoms. The second-order valence-corrected chi connectivity index (χ2v) is 11.0. The quantitative estimate of drug-likeness (QED) is 0.213. The second-order valence-electron chi connectivity index (χ2n) is 8.61. The molecule has 5 heteroatoms. The highest BCUT2D eigenvalue weighted by molar-refractivity contribution is 7.74. The van der Waals surface area contributed by atoms with E-state index in [9.17, 15) is 9.36 Å². The molecule has 0 aliphatic heterocycles. The van der Waals surface area contributed by atoms with E-state index in [4.69, 9.17) is 9.26 Å². The van der Waals surface area contributed by atoms with E-state index in [1.807, 2.05) is 85.8 Å². The monoisotopic (exact) mass is 478 g/mol. The van der Waals surface area contributed by atoms with Gasteiger partial charge in [0.1, 0.15) is 6.10 Å². The molecule has 0 aromatic heterocycles. The van der Waals surface area contributed by atoms with E-state index in [1.54, 1.807) is 12.1 Å². The fourth-order valence-corrected chi connectivity index (χ4v) is 6.49. The van der Waals surface area contributed by atoms with Crippen molar-refractivity contribution in [3.05, 3.63) is 96.6 Å². The van der Waals surface area contributed by atoms with Gasteiger partial charge < -0.3 is 9.26 Å². The first-order valence-electron chi connectivity index (χ1n) is 12.1. The van der Waals surface area contributed by atoms with E-state index in [-0.39, 0.29) is 24.1 Å². The van der Waals surface area contributed by atoms with Crippen molar-refractivity contribution in [3.8, 4) is 0 Å². The number of benzene rings is 3. The molecule has 3 rings (SSSR count). The van der Waals surface area contributed by atoms with Crippen molar-refractivity contribution in [2.45, 2.75) is 58.7 Å². The maximum atomic E-state index is 14.5. The Morgan fingerprint density at radius 2 is 1.18 bits per heavy atom. The van der Waals surface area contributed by atoms with Gasteiger partial charge in [0.25, 0.3) is 7.37 Å². The van der Waals surface area contributed by atoms with Crippen molar-refractivity contribution in [2.75, 3.05) is 0 Å². The molecule has 0 amide bonds. The van der Waals surface area contributed by atoms with Crippen LogP contribution in [0.2, 0.25) is 0 Å². The van der Waals surface area contributed by atoms with E-state index in [1.165, 1.54) is 0 Å². The van der Waals surface area contributed by atoms with Crippen molar-refractivity contribution >= 4 is 23.9 Å². The predicted octanol–water partition coefficient (Wildman–Crippen LogP) is 6.76. The third kappa shape index (κ3) is 6.46. The molecule has 0 aliphatic rings. The number of carbonyl (C=O) groups is 1. The zero-order chi connectivity index (χ0) is 24.4. The fourth-order valence-electron chi connectivity index (χ4n) is 4.14. The molecule has 0 aliphatic carbocycles. The molecule has 3 aromatic carbocycles. The van der Waals surface area contributed by atoms with Crippen LogP contribution in [0.1, 0.15) is 56.8 Å². The Labute approximate surface area is 203 Å². The Morgan fingerprint density at radius 1 is 0.735 bits per heavy atom. The molecule has 3 aromatic rings. The largest absolute Gasteiger partial charge is 0.458 e. The molecule has 0 bridgehead atoms. The van der Waals surface area contributed by atoms with E-state index < -0.39 is 7.37 Å². The van der Waals surface area contributed by atoms with Crippen LogP contribution >= 0.6 is 7.37 Å². The third-order valence-electron chi connectivity index (χ3n) is 6.06. The summed E-state index contributed by atoms with van der Waals surface area (Å²) in [5, 5.41) is 1.34. The van der Waals surface area contributed by atoms with Crippen LogP contribution in [0.4, 0.5) is 0 Å². The summed E-state index contributed by atoms with van der Waals surface area (Å²) in [4.78, 5) is 12.8. The van der Waals surface area contributed by atoms with Crippen molar-refractivity contribution in [1.29, 1.82) is 0 Å². The molecule has 180 valence electrons. The lowest BCUT2D eigenvalue weighted by molar-refractivity contribution is -0.0110. The molecule has 3 unspecified atom stereocenters. The second kappa shape index (κ2) is 12.7. The van der Waals surface area contributed by atoms with Gasteiger partial charge in [-0.25, -0.2) is 4.79 Å². The number of carbonyl (C=O) groups excluding carboxylic acids is 1. The van der Waals surface area contributed by atoms with Gasteiger partial charge in [-0.2, -0.15) is 0 Å². The lowest BCUT2D eigenvalue weighted by Crippen LogP contribution is -2.36. The molecule has 4 nitrogen and oxygen atoms in total. The van der Waals surface area contributed by atoms with Gasteiger partial charge in [-0.3, -0.25) is 4.57 Å². The smallest absolute Gasteiger partial charge is 0.338 e. The Balaban J connectivity index is 1.91. The standard InChI is InChI=1S/C29H35O4P/c1-4-15-27(32-29(30)24-17-9-6-10-18-24)23(3)28(16-5-2)33-34(31,25-19-11-7-12-20-25)26-21-13-8-14-22-26/h6-14,17-23,27-28H,4-5,15-16H2,1-3H3. The molecule has 0 saturated carbocycles. The van der Waals surface area contributed by atoms with Crippen LogP contribution in [0, 0.1) is 5.92 Å². The average Bonchev–Trinajstić information content (AvgIpc) is 2.89. The zero-order valence-electron chi connectivity index (χ0n) is 20.3. The first kappa shape index (κ1) is 25.9. The minimum Gasteiger partial charge on any atom is -0.458 e. The van der Waals surface area contributed by atoms with Gasteiger partial charge in [0, 0.05) is 16.5 Å². The maximum absolute atomic E-state index is 14.5. The zero-order valence-corrected chi connectivity index (χ0v) is 21.2. The Hall–Kier alpha value is -2.68. The highest BCUT2D eigenvalue weighted by atomic mass is 31.2. The maximum Gasteiger partial charge on any atom is 0.338 e. The van der Waals surface area contributed by atoms with Gasteiger partial charge in [0.15, 0.2) is 0 Å². The molecule has 3 atom stereocenters. The van der Waals surface area contributed by atoms with E-state index in [0.29, 0.717) is 29.0 Å². The Kier molecular flexibility index (Phi) is 9.68. The number of hydrogen-bond donors (Lipinski definition) is 0. The SMILES string of the molecule is CCCC(OC(=O)c1ccccc1)C(C)C(CCC)OP(=O)(c1ccccc1)c1ccccc1.